The lowest BCUT2D eigenvalue weighted by Crippen LogP contribution is -2.31. The van der Waals surface area contributed by atoms with Crippen molar-refractivity contribution in [2.24, 2.45) is 0 Å². The largest absolute Gasteiger partial charge is 0.395 e. The molecule has 1 rings (SSSR count). The molecule has 0 atom stereocenters. The van der Waals surface area contributed by atoms with Crippen LogP contribution in [0.4, 0.5) is 11.4 Å². The maximum absolute atomic E-state index is 11.4. The van der Waals surface area contributed by atoms with E-state index in [0.717, 1.165) is 0 Å². The van der Waals surface area contributed by atoms with Crippen LogP contribution in [0, 0.1) is 10.1 Å². The Hall–Kier alpha value is -2.03. The summed E-state index contributed by atoms with van der Waals surface area (Å²) in [6, 6.07) is 4.25. The van der Waals surface area contributed by atoms with Gasteiger partial charge >= 0.3 is 0 Å². The Balaban J connectivity index is 3.01. The van der Waals surface area contributed by atoms with E-state index in [1.165, 1.54) is 25.1 Å². The van der Waals surface area contributed by atoms with Gasteiger partial charge in [0.05, 0.1) is 31.4 Å². The summed E-state index contributed by atoms with van der Waals surface area (Å²) in [4.78, 5) is 23.6. The van der Waals surface area contributed by atoms with E-state index in [9.17, 15) is 14.9 Å². The van der Waals surface area contributed by atoms with Gasteiger partial charge < -0.3 is 19.8 Å². The van der Waals surface area contributed by atoms with E-state index < -0.39 is 4.92 Å². The monoisotopic (exact) mass is 312 g/mol. The van der Waals surface area contributed by atoms with Gasteiger partial charge in [-0.15, -0.1) is 0 Å². The number of aliphatic hydroxyl groups excluding tert-OH is 2. The number of ether oxygens (including phenoxy) is 1. The molecule has 0 aromatic heterocycles. The highest BCUT2D eigenvalue weighted by Gasteiger charge is 2.20. The van der Waals surface area contributed by atoms with Gasteiger partial charge in [-0.1, -0.05) is 0 Å². The van der Waals surface area contributed by atoms with Gasteiger partial charge in [0.25, 0.3) is 5.69 Å². The van der Waals surface area contributed by atoms with Gasteiger partial charge in [-0.25, -0.2) is 0 Å². The predicted octanol–water partition coefficient (Wildman–Crippen LogP) is 0.605. The van der Waals surface area contributed by atoms with E-state index >= 15 is 0 Å². The second-order valence-corrected chi connectivity index (χ2v) is 4.56. The number of ketones is 1. The van der Waals surface area contributed by atoms with Crippen molar-refractivity contribution in [2.45, 2.75) is 6.92 Å². The van der Waals surface area contributed by atoms with Crippen molar-refractivity contribution in [3.8, 4) is 0 Å². The molecule has 0 heterocycles. The minimum atomic E-state index is -0.555. The molecular weight excluding hydrogens is 292 g/mol. The van der Waals surface area contributed by atoms with Crippen molar-refractivity contribution >= 4 is 17.2 Å². The Kier molecular flexibility index (Phi) is 7.44. The van der Waals surface area contributed by atoms with Gasteiger partial charge in [0.1, 0.15) is 5.69 Å². The number of nitro benzene ring substituents is 1. The summed E-state index contributed by atoms with van der Waals surface area (Å²) < 4.78 is 5.15. The molecular formula is C14H20N2O6. The smallest absolute Gasteiger partial charge is 0.293 e. The number of carbonyl (C=O) groups is 1. The summed E-state index contributed by atoms with van der Waals surface area (Å²) in [5.74, 6) is -0.255. The summed E-state index contributed by atoms with van der Waals surface area (Å²) >= 11 is 0. The first-order valence-corrected chi connectivity index (χ1v) is 6.85. The third-order valence-electron chi connectivity index (χ3n) is 3.03. The Labute approximate surface area is 128 Å². The van der Waals surface area contributed by atoms with Gasteiger partial charge in [-0.05, 0) is 19.1 Å². The van der Waals surface area contributed by atoms with Crippen molar-refractivity contribution < 1.29 is 24.7 Å². The number of hydrogen-bond acceptors (Lipinski definition) is 7. The van der Waals surface area contributed by atoms with Crippen LogP contribution in [-0.2, 0) is 4.74 Å². The molecule has 0 saturated carbocycles. The zero-order valence-electron chi connectivity index (χ0n) is 12.4. The van der Waals surface area contributed by atoms with Crippen LogP contribution in [0.1, 0.15) is 17.3 Å². The summed E-state index contributed by atoms with van der Waals surface area (Å²) in [5, 5.41) is 29.0. The highest BCUT2D eigenvalue weighted by molar-refractivity contribution is 5.95. The molecule has 0 bridgehead atoms. The summed E-state index contributed by atoms with van der Waals surface area (Å²) in [5.41, 5.74) is 0.385. The molecule has 0 amide bonds. The molecule has 22 heavy (non-hydrogen) atoms. The molecule has 0 spiro atoms. The first kappa shape index (κ1) is 18.0. The van der Waals surface area contributed by atoms with Crippen LogP contribution in [0.25, 0.3) is 0 Å². The van der Waals surface area contributed by atoms with Gasteiger partial charge in [0, 0.05) is 24.7 Å². The third-order valence-corrected chi connectivity index (χ3v) is 3.03. The van der Waals surface area contributed by atoms with E-state index in [1.54, 1.807) is 4.90 Å². The first-order valence-electron chi connectivity index (χ1n) is 6.85. The molecule has 0 radical (unpaired) electrons. The summed E-state index contributed by atoms with van der Waals surface area (Å²) in [6.07, 6.45) is 0. The SMILES string of the molecule is CC(=O)c1ccc(N(CCO)CCOCCO)c([N+](=O)[O-])c1. The molecule has 1 aromatic rings. The van der Waals surface area contributed by atoms with E-state index in [2.05, 4.69) is 0 Å². The number of aliphatic hydroxyl groups is 2. The molecule has 2 N–H and O–H groups in total. The average molecular weight is 312 g/mol. The molecule has 0 aliphatic carbocycles. The quantitative estimate of drug-likeness (QED) is 0.281. The van der Waals surface area contributed by atoms with Crippen LogP contribution in [-0.4, -0.2) is 60.4 Å². The van der Waals surface area contributed by atoms with Crippen molar-refractivity contribution in [2.75, 3.05) is 44.4 Å². The van der Waals surface area contributed by atoms with Crippen LogP contribution in [0.15, 0.2) is 18.2 Å². The fraction of sp³-hybridized carbons (Fsp3) is 0.500. The lowest BCUT2D eigenvalue weighted by molar-refractivity contribution is -0.384. The van der Waals surface area contributed by atoms with Crippen LogP contribution in [0.3, 0.4) is 0 Å². The molecule has 1 aromatic carbocycles. The Morgan fingerprint density at radius 2 is 2.00 bits per heavy atom. The van der Waals surface area contributed by atoms with Gasteiger partial charge in [0.15, 0.2) is 5.78 Å². The average Bonchev–Trinajstić information content (AvgIpc) is 2.49. The zero-order chi connectivity index (χ0) is 16.5. The highest BCUT2D eigenvalue weighted by atomic mass is 16.6. The van der Waals surface area contributed by atoms with Gasteiger partial charge in [-0.3, -0.25) is 14.9 Å². The number of hydrogen-bond donors (Lipinski definition) is 2. The number of anilines is 1. The minimum absolute atomic E-state index is 0.104. The summed E-state index contributed by atoms with van der Waals surface area (Å²) in [7, 11) is 0. The number of Topliss-reactive ketones (excluding diaryl/α,β-unsaturated/α-hetero) is 1. The Morgan fingerprint density at radius 3 is 2.55 bits per heavy atom. The van der Waals surface area contributed by atoms with Crippen LogP contribution in [0.5, 0.6) is 0 Å². The second-order valence-electron chi connectivity index (χ2n) is 4.56. The summed E-state index contributed by atoms with van der Waals surface area (Å²) in [6.45, 7) is 2.01. The maximum Gasteiger partial charge on any atom is 0.293 e. The fourth-order valence-electron chi connectivity index (χ4n) is 1.97. The Morgan fingerprint density at radius 1 is 1.27 bits per heavy atom. The van der Waals surface area contributed by atoms with E-state index in [0.29, 0.717) is 12.2 Å². The standard InChI is InChI=1S/C14H20N2O6/c1-11(19)12-2-3-13(14(10-12)16(20)21)15(4-6-17)5-8-22-9-7-18/h2-3,10,17-18H,4-9H2,1H3. The fourth-order valence-corrected chi connectivity index (χ4v) is 1.97. The number of nitrogens with zero attached hydrogens (tertiary/aromatic N) is 2. The minimum Gasteiger partial charge on any atom is -0.395 e. The van der Waals surface area contributed by atoms with Crippen LogP contribution in [0.2, 0.25) is 0 Å². The zero-order valence-corrected chi connectivity index (χ0v) is 12.4. The highest BCUT2D eigenvalue weighted by Crippen LogP contribution is 2.29. The van der Waals surface area contributed by atoms with Crippen LogP contribution >= 0.6 is 0 Å². The van der Waals surface area contributed by atoms with Crippen molar-refractivity contribution in [3.63, 3.8) is 0 Å². The molecule has 0 aliphatic heterocycles. The predicted molar refractivity (Wildman–Crippen MR) is 80.3 cm³/mol. The molecule has 0 aliphatic rings. The topological polar surface area (TPSA) is 113 Å². The molecule has 8 heteroatoms. The van der Waals surface area contributed by atoms with E-state index in [-0.39, 0.29) is 50.0 Å². The number of carbonyl (C=O) groups excluding carboxylic acids is 1. The number of nitro groups is 1. The molecule has 0 saturated heterocycles. The number of rotatable bonds is 10. The van der Waals surface area contributed by atoms with Crippen molar-refractivity contribution in [1.29, 1.82) is 0 Å². The van der Waals surface area contributed by atoms with E-state index in [1.807, 2.05) is 0 Å². The Bertz CT molecular complexity index is 520. The van der Waals surface area contributed by atoms with Crippen molar-refractivity contribution in [3.05, 3.63) is 33.9 Å². The lowest BCUT2D eigenvalue weighted by atomic mass is 10.1. The third kappa shape index (κ3) is 5.06. The molecule has 122 valence electrons. The molecule has 0 fully saturated rings. The van der Waals surface area contributed by atoms with Gasteiger partial charge in [0.2, 0.25) is 0 Å². The number of benzene rings is 1. The van der Waals surface area contributed by atoms with Crippen LogP contribution < -0.4 is 4.90 Å². The lowest BCUT2D eigenvalue weighted by Gasteiger charge is -2.23. The first-order chi connectivity index (χ1) is 10.5. The second kappa shape index (κ2) is 9.08. The van der Waals surface area contributed by atoms with Gasteiger partial charge in [-0.2, -0.15) is 0 Å². The van der Waals surface area contributed by atoms with E-state index in [4.69, 9.17) is 14.9 Å². The normalized spacial score (nSPS) is 10.5. The van der Waals surface area contributed by atoms with Crippen molar-refractivity contribution in [1.82, 2.24) is 0 Å². The molecule has 0 unspecified atom stereocenters. The molecule has 8 nitrogen and oxygen atoms in total. The maximum atomic E-state index is 11.4.